The van der Waals surface area contributed by atoms with E-state index in [1.165, 1.54) is 13.3 Å². The Bertz CT molecular complexity index is 1180. The maximum atomic E-state index is 12.5. The van der Waals surface area contributed by atoms with Crippen molar-refractivity contribution in [2.75, 3.05) is 27.4 Å². The van der Waals surface area contributed by atoms with Gasteiger partial charge in [-0.1, -0.05) is 6.92 Å². The molecule has 0 aliphatic rings. The van der Waals surface area contributed by atoms with Gasteiger partial charge in [0.15, 0.2) is 18.1 Å². The Morgan fingerprint density at radius 1 is 0.833 bits per heavy atom. The number of carbonyl (C=O) groups excluding carboxylic acids is 2. The Labute approximate surface area is 209 Å². The van der Waals surface area contributed by atoms with Gasteiger partial charge in [-0.15, -0.1) is 0 Å². The van der Waals surface area contributed by atoms with E-state index in [2.05, 4.69) is 10.5 Å². The van der Waals surface area contributed by atoms with Gasteiger partial charge in [0.05, 0.1) is 32.6 Å². The van der Waals surface area contributed by atoms with Gasteiger partial charge in [0.25, 0.3) is 5.91 Å². The summed E-state index contributed by atoms with van der Waals surface area (Å²) in [7, 11) is 3.03. The van der Waals surface area contributed by atoms with Gasteiger partial charge in [-0.3, -0.25) is 4.79 Å². The monoisotopic (exact) mass is 492 g/mol. The average molecular weight is 493 g/mol. The number of nitrogens with zero attached hydrogens (tertiary/aromatic N) is 1. The molecule has 0 aliphatic heterocycles. The molecule has 0 saturated carbocycles. The second kappa shape index (κ2) is 13.4. The largest absolute Gasteiger partial charge is 0.497 e. The Balaban J connectivity index is 1.53. The molecular weight excluding hydrogens is 464 g/mol. The first-order valence-electron chi connectivity index (χ1n) is 11.2. The fourth-order valence-corrected chi connectivity index (χ4v) is 2.95. The van der Waals surface area contributed by atoms with Gasteiger partial charge in [0.2, 0.25) is 0 Å². The summed E-state index contributed by atoms with van der Waals surface area (Å²) in [5.41, 5.74) is 3.40. The highest BCUT2D eigenvalue weighted by atomic mass is 16.6. The number of ether oxygens (including phenoxy) is 5. The molecule has 0 unspecified atom stereocenters. The van der Waals surface area contributed by atoms with Crippen molar-refractivity contribution in [2.45, 2.75) is 13.3 Å². The molecule has 36 heavy (non-hydrogen) atoms. The van der Waals surface area contributed by atoms with Crippen molar-refractivity contribution in [1.82, 2.24) is 5.43 Å². The van der Waals surface area contributed by atoms with Crippen molar-refractivity contribution < 1.29 is 33.3 Å². The van der Waals surface area contributed by atoms with E-state index >= 15 is 0 Å². The Morgan fingerprint density at radius 3 is 2.17 bits per heavy atom. The summed E-state index contributed by atoms with van der Waals surface area (Å²) in [5.74, 6) is 1.55. The third-order valence-corrected chi connectivity index (χ3v) is 4.79. The highest BCUT2D eigenvalue weighted by Gasteiger charge is 2.13. The number of methoxy groups -OCH3 is 2. The van der Waals surface area contributed by atoms with Crippen molar-refractivity contribution in [3.8, 4) is 28.7 Å². The summed E-state index contributed by atoms with van der Waals surface area (Å²) in [5, 5.41) is 3.92. The van der Waals surface area contributed by atoms with Gasteiger partial charge in [-0.05, 0) is 78.7 Å². The van der Waals surface area contributed by atoms with Gasteiger partial charge < -0.3 is 23.7 Å². The van der Waals surface area contributed by atoms with Gasteiger partial charge in [-0.2, -0.15) is 5.10 Å². The van der Waals surface area contributed by atoms with Crippen LogP contribution in [-0.2, 0) is 4.79 Å². The summed E-state index contributed by atoms with van der Waals surface area (Å²) in [6.07, 6.45) is 2.34. The number of hydrazone groups is 1. The third kappa shape index (κ3) is 7.76. The van der Waals surface area contributed by atoms with E-state index < -0.39 is 11.9 Å². The lowest BCUT2D eigenvalue weighted by Crippen LogP contribution is -2.24. The van der Waals surface area contributed by atoms with Crippen LogP contribution in [0.15, 0.2) is 71.8 Å². The lowest BCUT2D eigenvalue weighted by atomic mass is 10.2. The molecule has 0 heterocycles. The van der Waals surface area contributed by atoms with Crippen molar-refractivity contribution in [3.63, 3.8) is 0 Å². The molecule has 0 spiro atoms. The van der Waals surface area contributed by atoms with Crippen LogP contribution in [0.25, 0.3) is 0 Å². The SMILES string of the molecule is CCCOc1ccc(C(=O)Oc2ccc(C=NNC(=O)COc3ccc(OC)cc3)cc2OC)cc1. The molecule has 3 rings (SSSR count). The number of carbonyl (C=O) groups is 2. The molecule has 0 aliphatic carbocycles. The van der Waals surface area contributed by atoms with E-state index in [4.69, 9.17) is 23.7 Å². The molecule has 0 atom stereocenters. The van der Waals surface area contributed by atoms with Gasteiger partial charge in [0, 0.05) is 0 Å². The quantitative estimate of drug-likeness (QED) is 0.175. The fraction of sp³-hybridized carbons (Fsp3) is 0.222. The van der Waals surface area contributed by atoms with Crippen LogP contribution >= 0.6 is 0 Å². The zero-order valence-corrected chi connectivity index (χ0v) is 20.4. The first-order valence-corrected chi connectivity index (χ1v) is 11.2. The molecule has 0 aromatic heterocycles. The van der Waals surface area contributed by atoms with Gasteiger partial charge >= 0.3 is 5.97 Å². The molecule has 1 amide bonds. The van der Waals surface area contributed by atoms with Crippen LogP contribution in [0.5, 0.6) is 28.7 Å². The number of esters is 1. The summed E-state index contributed by atoms with van der Waals surface area (Å²) in [4.78, 5) is 24.5. The molecule has 0 radical (unpaired) electrons. The highest BCUT2D eigenvalue weighted by molar-refractivity contribution is 5.92. The molecule has 9 heteroatoms. The maximum Gasteiger partial charge on any atom is 0.343 e. The Hall–Kier alpha value is -4.53. The van der Waals surface area contributed by atoms with Crippen LogP contribution in [0, 0.1) is 0 Å². The van der Waals surface area contributed by atoms with Crippen LogP contribution in [0.2, 0.25) is 0 Å². The molecule has 0 bridgehead atoms. The van der Waals surface area contributed by atoms with E-state index in [-0.39, 0.29) is 12.4 Å². The van der Waals surface area contributed by atoms with E-state index in [1.807, 2.05) is 6.92 Å². The molecule has 188 valence electrons. The molecule has 1 N–H and O–H groups in total. The van der Waals surface area contributed by atoms with Crippen molar-refractivity contribution >= 4 is 18.1 Å². The Morgan fingerprint density at radius 2 is 1.50 bits per heavy atom. The molecule has 0 saturated heterocycles. The molecule has 3 aromatic carbocycles. The minimum absolute atomic E-state index is 0.201. The standard InChI is InChI=1S/C27H28N2O7/c1-4-15-34-22-8-6-20(7-9-22)27(31)36-24-14-5-19(16-25(24)33-3)17-28-29-26(30)18-35-23-12-10-21(32-2)11-13-23/h5-14,16-17H,4,15,18H2,1-3H3,(H,29,30). The van der Waals surface area contributed by atoms with Crippen LogP contribution in [0.3, 0.4) is 0 Å². The normalized spacial score (nSPS) is 10.5. The fourth-order valence-electron chi connectivity index (χ4n) is 2.95. The molecule has 9 nitrogen and oxygen atoms in total. The van der Waals surface area contributed by atoms with E-state index in [0.29, 0.717) is 40.7 Å². The van der Waals surface area contributed by atoms with Crippen LogP contribution in [-0.4, -0.2) is 45.5 Å². The summed E-state index contributed by atoms with van der Waals surface area (Å²) in [6.45, 7) is 2.43. The average Bonchev–Trinajstić information content (AvgIpc) is 2.92. The predicted octanol–water partition coefficient (Wildman–Crippen LogP) is 4.24. The minimum Gasteiger partial charge on any atom is -0.497 e. The number of amides is 1. The lowest BCUT2D eigenvalue weighted by Gasteiger charge is -2.10. The highest BCUT2D eigenvalue weighted by Crippen LogP contribution is 2.28. The van der Waals surface area contributed by atoms with Gasteiger partial charge in [0.1, 0.15) is 17.2 Å². The van der Waals surface area contributed by atoms with Crippen molar-refractivity contribution in [2.24, 2.45) is 5.10 Å². The molecule has 3 aromatic rings. The zero-order chi connectivity index (χ0) is 25.8. The Kier molecular flexibility index (Phi) is 9.69. The smallest absolute Gasteiger partial charge is 0.343 e. The lowest BCUT2D eigenvalue weighted by molar-refractivity contribution is -0.123. The summed E-state index contributed by atoms with van der Waals surface area (Å²) >= 11 is 0. The number of hydrogen-bond acceptors (Lipinski definition) is 8. The van der Waals surface area contributed by atoms with Crippen molar-refractivity contribution in [3.05, 3.63) is 77.9 Å². The second-order valence-corrected chi connectivity index (χ2v) is 7.43. The second-order valence-electron chi connectivity index (χ2n) is 7.43. The third-order valence-electron chi connectivity index (χ3n) is 4.79. The maximum absolute atomic E-state index is 12.5. The van der Waals surface area contributed by atoms with E-state index in [9.17, 15) is 9.59 Å². The first kappa shape index (κ1) is 26.1. The number of benzene rings is 3. The number of nitrogens with one attached hydrogen (secondary N) is 1. The molecule has 0 fully saturated rings. The summed E-state index contributed by atoms with van der Waals surface area (Å²) in [6, 6.07) is 18.5. The number of hydrogen-bond donors (Lipinski definition) is 1. The molecular formula is C27H28N2O7. The number of rotatable bonds is 12. The van der Waals surface area contributed by atoms with Gasteiger partial charge in [-0.25, -0.2) is 10.2 Å². The topological polar surface area (TPSA) is 105 Å². The zero-order valence-electron chi connectivity index (χ0n) is 20.4. The van der Waals surface area contributed by atoms with Crippen LogP contribution in [0.4, 0.5) is 0 Å². The predicted molar refractivity (Wildman–Crippen MR) is 134 cm³/mol. The van der Waals surface area contributed by atoms with Crippen molar-refractivity contribution in [1.29, 1.82) is 0 Å². The van der Waals surface area contributed by atoms with Crippen LogP contribution < -0.4 is 29.1 Å². The van der Waals surface area contributed by atoms with E-state index in [1.54, 1.807) is 73.8 Å². The summed E-state index contributed by atoms with van der Waals surface area (Å²) < 4.78 is 26.8. The van der Waals surface area contributed by atoms with Crippen LogP contribution in [0.1, 0.15) is 29.3 Å². The van der Waals surface area contributed by atoms with E-state index in [0.717, 1.165) is 6.42 Å². The first-order chi connectivity index (χ1) is 17.5. The minimum atomic E-state index is -0.527.